The smallest absolute Gasteiger partial charge is 0.225 e. The fraction of sp³-hybridized carbons (Fsp3) is 0.529. The molecule has 1 aromatic heterocycles. The quantitative estimate of drug-likeness (QED) is 0.863. The highest BCUT2D eigenvalue weighted by molar-refractivity contribution is 7.22. The van der Waals surface area contributed by atoms with Gasteiger partial charge in [-0.05, 0) is 19.1 Å². The zero-order valence-corrected chi connectivity index (χ0v) is 14.7. The number of carbonyl (C=O) groups is 1. The lowest BCUT2D eigenvalue weighted by molar-refractivity contribution is -0.134. The maximum Gasteiger partial charge on any atom is 0.225 e. The van der Waals surface area contributed by atoms with Crippen LogP contribution < -0.4 is 9.64 Å². The van der Waals surface area contributed by atoms with E-state index < -0.39 is 0 Å². The van der Waals surface area contributed by atoms with E-state index in [4.69, 9.17) is 9.72 Å². The number of hydrogen-bond donors (Lipinski definition) is 0. The SMILES string of the molecule is CCOc1cccc2sc(N3CCN(C(=O)C(C)C)CC3)nc12. The molecule has 0 aliphatic carbocycles. The van der Waals surface area contributed by atoms with E-state index in [9.17, 15) is 4.79 Å². The summed E-state index contributed by atoms with van der Waals surface area (Å²) < 4.78 is 6.81. The Morgan fingerprint density at radius 2 is 2.04 bits per heavy atom. The predicted octanol–water partition coefficient (Wildman–Crippen LogP) is 3.00. The summed E-state index contributed by atoms with van der Waals surface area (Å²) in [6.45, 7) is 9.75. The van der Waals surface area contributed by atoms with E-state index in [1.165, 1.54) is 0 Å². The van der Waals surface area contributed by atoms with E-state index in [1.807, 2.05) is 37.8 Å². The maximum absolute atomic E-state index is 12.1. The predicted molar refractivity (Wildman–Crippen MR) is 94.4 cm³/mol. The molecule has 0 radical (unpaired) electrons. The van der Waals surface area contributed by atoms with Gasteiger partial charge in [-0.3, -0.25) is 4.79 Å². The van der Waals surface area contributed by atoms with E-state index in [-0.39, 0.29) is 11.8 Å². The number of nitrogens with zero attached hydrogens (tertiary/aromatic N) is 3. The van der Waals surface area contributed by atoms with Gasteiger partial charge in [-0.1, -0.05) is 31.3 Å². The van der Waals surface area contributed by atoms with Gasteiger partial charge < -0.3 is 14.5 Å². The summed E-state index contributed by atoms with van der Waals surface area (Å²) in [5.74, 6) is 1.16. The number of piperazine rings is 1. The van der Waals surface area contributed by atoms with E-state index in [0.717, 1.165) is 47.3 Å². The number of amides is 1. The van der Waals surface area contributed by atoms with E-state index >= 15 is 0 Å². The Bertz CT molecular complexity index is 690. The Labute approximate surface area is 140 Å². The number of aromatic nitrogens is 1. The Hall–Kier alpha value is -1.82. The van der Waals surface area contributed by atoms with Crippen molar-refractivity contribution in [3.8, 4) is 5.75 Å². The van der Waals surface area contributed by atoms with Crippen LogP contribution >= 0.6 is 11.3 Å². The third-order valence-corrected chi connectivity index (χ3v) is 5.11. The summed E-state index contributed by atoms with van der Waals surface area (Å²) in [7, 11) is 0. The molecule has 2 aromatic rings. The average molecular weight is 333 g/mol. The van der Waals surface area contributed by atoms with Crippen molar-refractivity contribution in [1.29, 1.82) is 0 Å². The molecular weight excluding hydrogens is 310 g/mol. The topological polar surface area (TPSA) is 45.7 Å². The van der Waals surface area contributed by atoms with Crippen molar-refractivity contribution < 1.29 is 9.53 Å². The molecule has 0 bridgehead atoms. The van der Waals surface area contributed by atoms with Crippen molar-refractivity contribution >= 4 is 32.6 Å². The third-order valence-electron chi connectivity index (χ3n) is 4.03. The molecule has 1 saturated heterocycles. The zero-order valence-electron chi connectivity index (χ0n) is 13.9. The maximum atomic E-state index is 12.1. The number of carbonyl (C=O) groups excluding carboxylic acids is 1. The molecule has 0 atom stereocenters. The minimum atomic E-state index is 0.0674. The van der Waals surface area contributed by atoms with Gasteiger partial charge in [-0.2, -0.15) is 0 Å². The van der Waals surface area contributed by atoms with Crippen LogP contribution in [0.5, 0.6) is 5.75 Å². The zero-order chi connectivity index (χ0) is 16.4. The highest BCUT2D eigenvalue weighted by Gasteiger charge is 2.24. The highest BCUT2D eigenvalue weighted by Crippen LogP contribution is 2.34. The molecule has 3 rings (SSSR count). The molecular formula is C17H23N3O2S. The van der Waals surface area contributed by atoms with Crippen LogP contribution in [-0.4, -0.2) is 48.6 Å². The highest BCUT2D eigenvalue weighted by atomic mass is 32.1. The molecule has 1 aliphatic rings. The summed E-state index contributed by atoms with van der Waals surface area (Å²) in [4.78, 5) is 21.1. The summed E-state index contributed by atoms with van der Waals surface area (Å²) in [5.41, 5.74) is 0.940. The first-order valence-corrected chi connectivity index (χ1v) is 8.98. The van der Waals surface area contributed by atoms with Gasteiger partial charge in [0.25, 0.3) is 0 Å². The molecule has 0 unspecified atom stereocenters. The number of ether oxygens (including phenoxy) is 1. The second-order valence-electron chi connectivity index (χ2n) is 6.00. The van der Waals surface area contributed by atoms with Gasteiger partial charge in [0, 0.05) is 32.1 Å². The van der Waals surface area contributed by atoms with Crippen molar-refractivity contribution in [3.05, 3.63) is 18.2 Å². The Morgan fingerprint density at radius 3 is 2.70 bits per heavy atom. The van der Waals surface area contributed by atoms with Crippen LogP contribution in [0.25, 0.3) is 10.2 Å². The number of rotatable bonds is 4. The molecule has 5 nitrogen and oxygen atoms in total. The molecule has 23 heavy (non-hydrogen) atoms. The van der Waals surface area contributed by atoms with E-state index in [0.29, 0.717) is 6.61 Å². The molecule has 0 N–H and O–H groups in total. The van der Waals surface area contributed by atoms with Crippen LogP contribution in [0.15, 0.2) is 18.2 Å². The van der Waals surface area contributed by atoms with Crippen molar-refractivity contribution in [2.24, 2.45) is 5.92 Å². The second kappa shape index (κ2) is 6.74. The Morgan fingerprint density at radius 1 is 1.30 bits per heavy atom. The monoisotopic (exact) mass is 333 g/mol. The summed E-state index contributed by atoms with van der Waals surface area (Å²) in [6.07, 6.45) is 0. The molecule has 1 aliphatic heterocycles. The van der Waals surface area contributed by atoms with Gasteiger partial charge in [0.2, 0.25) is 5.91 Å². The van der Waals surface area contributed by atoms with E-state index in [1.54, 1.807) is 11.3 Å². The third kappa shape index (κ3) is 3.27. The van der Waals surface area contributed by atoms with Crippen molar-refractivity contribution in [2.45, 2.75) is 20.8 Å². The number of benzene rings is 1. The van der Waals surface area contributed by atoms with Gasteiger partial charge in [0.15, 0.2) is 5.13 Å². The van der Waals surface area contributed by atoms with Crippen LogP contribution in [0, 0.1) is 5.92 Å². The fourth-order valence-electron chi connectivity index (χ4n) is 2.80. The fourth-order valence-corrected chi connectivity index (χ4v) is 3.84. The first-order valence-electron chi connectivity index (χ1n) is 8.16. The Kier molecular flexibility index (Phi) is 4.71. The first-order chi connectivity index (χ1) is 11.1. The van der Waals surface area contributed by atoms with Crippen molar-refractivity contribution in [2.75, 3.05) is 37.7 Å². The van der Waals surface area contributed by atoms with Gasteiger partial charge in [0.1, 0.15) is 11.3 Å². The van der Waals surface area contributed by atoms with Crippen LogP contribution in [0.3, 0.4) is 0 Å². The van der Waals surface area contributed by atoms with Gasteiger partial charge in [-0.15, -0.1) is 0 Å². The van der Waals surface area contributed by atoms with Crippen LogP contribution in [0.4, 0.5) is 5.13 Å². The molecule has 1 fully saturated rings. The molecule has 1 amide bonds. The molecule has 0 spiro atoms. The summed E-state index contributed by atoms with van der Waals surface area (Å²) >= 11 is 1.69. The molecule has 1 aromatic carbocycles. The lowest BCUT2D eigenvalue weighted by Crippen LogP contribution is -2.49. The van der Waals surface area contributed by atoms with Crippen LogP contribution in [-0.2, 0) is 4.79 Å². The molecule has 124 valence electrons. The average Bonchev–Trinajstić information content (AvgIpc) is 3.00. The van der Waals surface area contributed by atoms with Gasteiger partial charge in [-0.25, -0.2) is 4.98 Å². The summed E-state index contributed by atoms with van der Waals surface area (Å²) in [6, 6.07) is 6.06. The van der Waals surface area contributed by atoms with Gasteiger partial charge in [0.05, 0.1) is 11.3 Å². The number of anilines is 1. The van der Waals surface area contributed by atoms with Crippen molar-refractivity contribution in [3.63, 3.8) is 0 Å². The number of thiazole rings is 1. The van der Waals surface area contributed by atoms with Crippen molar-refractivity contribution in [1.82, 2.24) is 9.88 Å². The number of para-hydroxylation sites is 1. The second-order valence-corrected chi connectivity index (χ2v) is 7.01. The first kappa shape index (κ1) is 16.1. The van der Waals surface area contributed by atoms with Gasteiger partial charge >= 0.3 is 0 Å². The van der Waals surface area contributed by atoms with Crippen LogP contribution in [0.2, 0.25) is 0 Å². The minimum Gasteiger partial charge on any atom is -0.492 e. The molecule has 0 saturated carbocycles. The largest absolute Gasteiger partial charge is 0.492 e. The number of fused-ring (bicyclic) bond motifs is 1. The lowest BCUT2D eigenvalue weighted by Gasteiger charge is -2.35. The normalized spacial score (nSPS) is 15.5. The number of hydrogen-bond acceptors (Lipinski definition) is 5. The van der Waals surface area contributed by atoms with Crippen LogP contribution in [0.1, 0.15) is 20.8 Å². The van der Waals surface area contributed by atoms with E-state index in [2.05, 4.69) is 11.0 Å². The minimum absolute atomic E-state index is 0.0674. The molecule has 2 heterocycles. The Balaban J connectivity index is 1.75. The molecule has 6 heteroatoms. The standard InChI is InChI=1S/C17H23N3O2S/c1-4-22-13-6-5-7-14-15(13)18-17(23-14)20-10-8-19(9-11-20)16(21)12(2)3/h5-7,12H,4,8-11H2,1-3H3. The lowest BCUT2D eigenvalue weighted by atomic mass is 10.2. The summed E-state index contributed by atoms with van der Waals surface area (Å²) in [5, 5.41) is 1.02.